The molecule has 9 aromatic carbocycles. The van der Waals surface area contributed by atoms with Gasteiger partial charge >= 0.3 is 0 Å². The molecule has 0 amide bonds. The molecule has 0 unspecified atom stereocenters. The molecule has 1 heteroatoms. The SMILES string of the molecule is c1ccc2c(c1)Sc1ccc(-c3ccc4cc(-c5ccc6ccc7cccc8ccc5c6c78)ccc4c3)c3cccc-2c13. The minimum Gasteiger partial charge on any atom is -0.0888 e. The molecule has 0 radical (unpaired) electrons. The minimum atomic E-state index is 1.26. The fourth-order valence-corrected chi connectivity index (χ4v) is 8.53. The van der Waals surface area contributed by atoms with Crippen molar-refractivity contribution in [3.8, 4) is 33.4 Å². The maximum Gasteiger partial charge on any atom is 0.0207 e. The van der Waals surface area contributed by atoms with Gasteiger partial charge in [0, 0.05) is 15.2 Å². The maximum absolute atomic E-state index is 2.36. The van der Waals surface area contributed by atoms with Crippen molar-refractivity contribution in [3.63, 3.8) is 0 Å². The van der Waals surface area contributed by atoms with E-state index in [4.69, 9.17) is 0 Å². The minimum absolute atomic E-state index is 1.26. The van der Waals surface area contributed by atoms with E-state index in [-0.39, 0.29) is 0 Å². The fourth-order valence-electron chi connectivity index (χ4n) is 7.40. The Morgan fingerprint density at radius 1 is 0.302 bits per heavy atom. The van der Waals surface area contributed by atoms with Crippen molar-refractivity contribution in [1.82, 2.24) is 0 Å². The van der Waals surface area contributed by atoms with Gasteiger partial charge in [0.05, 0.1) is 0 Å². The average molecular weight is 561 g/mol. The largest absolute Gasteiger partial charge is 0.0888 e. The van der Waals surface area contributed by atoms with Crippen LogP contribution >= 0.6 is 11.8 Å². The first-order chi connectivity index (χ1) is 21.3. The van der Waals surface area contributed by atoms with Gasteiger partial charge in [-0.3, -0.25) is 0 Å². The molecule has 1 heterocycles. The molecule has 0 nitrogen and oxygen atoms in total. The molecular formula is C42H24S. The summed E-state index contributed by atoms with van der Waals surface area (Å²) in [7, 11) is 0. The lowest BCUT2D eigenvalue weighted by Gasteiger charge is -2.21. The van der Waals surface area contributed by atoms with Crippen molar-refractivity contribution in [2.75, 3.05) is 0 Å². The number of benzene rings is 9. The van der Waals surface area contributed by atoms with Crippen molar-refractivity contribution in [2.24, 2.45) is 0 Å². The Balaban J connectivity index is 1.12. The van der Waals surface area contributed by atoms with Crippen LogP contribution in [0.3, 0.4) is 0 Å². The van der Waals surface area contributed by atoms with Gasteiger partial charge in [0.25, 0.3) is 0 Å². The Morgan fingerprint density at radius 2 is 0.884 bits per heavy atom. The van der Waals surface area contributed by atoms with Gasteiger partial charge in [-0.2, -0.15) is 0 Å². The van der Waals surface area contributed by atoms with Crippen LogP contribution in [0.2, 0.25) is 0 Å². The third-order valence-corrected chi connectivity index (χ3v) is 10.5. The standard InChI is InChI=1S/C42H24S/c1-2-10-38-34(7-1)36-9-4-8-35-33(21-22-39(43-38)42(35)36)31-16-14-28-23-30(15-13-29(28)24-31)32-19-17-27-12-11-25-5-3-6-26-18-20-37(32)41(27)40(25)26/h1-24H. The van der Waals surface area contributed by atoms with Crippen molar-refractivity contribution >= 4 is 65.6 Å². The predicted octanol–water partition coefficient (Wildman–Crippen LogP) is 12.4. The number of fused-ring (bicyclic) bond motifs is 3. The molecule has 9 aromatic rings. The van der Waals surface area contributed by atoms with Crippen molar-refractivity contribution in [3.05, 3.63) is 146 Å². The lowest BCUT2D eigenvalue weighted by atomic mass is 9.89. The van der Waals surface area contributed by atoms with Crippen LogP contribution in [0.5, 0.6) is 0 Å². The van der Waals surface area contributed by atoms with Crippen LogP contribution < -0.4 is 0 Å². The molecule has 0 aromatic heterocycles. The first kappa shape index (κ1) is 23.5. The summed E-state index contributed by atoms with van der Waals surface area (Å²) in [6, 6.07) is 54.3. The Labute approximate surface area is 253 Å². The van der Waals surface area contributed by atoms with Crippen LogP contribution in [0.25, 0.3) is 87.2 Å². The molecule has 0 fully saturated rings. The van der Waals surface area contributed by atoms with E-state index in [0.717, 1.165) is 0 Å². The summed E-state index contributed by atoms with van der Waals surface area (Å²) in [5.74, 6) is 0. The molecule has 0 N–H and O–H groups in total. The van der Waals surface area contributed by atoms with Crippen molar-refractivity contribution in [2.45, 2.75) is 9.79 Å². The van der Waals surface area contributed by atoms with Gasteiger partial charge in [-0.15, -0.1) is 0 Å². The highest BCUT2D eigenvalue weighted by Gasteiger charge is 2.20. The summed E-state index contributed by atoms with van der Waals surface area (Å²) < 4.78 is 0. The van der Waals surface area contributed by atoms with Crippen LogP contribution in [-0.2, 0) is 0 Å². The van der Waals surface area contributed by atoms with Crippen molar-refractivity contribution < 1.29 is 0 Å². The Morgan fingerprint density at radius 3 is 1.67 bits per heavy atom. The van der Waals surface area contributed by atoms with Gasteiger partial charge in [0.2, 0.25) is 0 Å². The van der Waals surface area contributed by atoms with Gasteiger partial charge in [0.1, 0.15) is 0 Å². The number of rotatable bonds is 2. The number of hydrogen-bond acceptors (Lipinski definition) is 1. The lowest BCUT2D eigenvalue weighted by molar-refractivity contribution is 1.40. The maximum atomic E-state index is 2.36. The third-order valence-electron chi connectivity index (χ3n) is 9.39. The van der Waals surface area contributed by atoms with Gasteiger partial charge < -0.3 is 0 Å². The van der Waals surface area contributed by atoms with E-state index < -0.39 is 0 Å². The zero-order valence-corrected chi connectivity index (χ0v) is 24.1. The second-order valence-electron chi connectivity index (χ2n) is 11.7. The topological polar surface area (TPSA) is 0 Å². The van der Waals surface area contributed by atoms with Crippen LogP contribution in [0.1, 0.15) is 0 Å². The molecule has 0 spiro atoms. The molecule has 0 aliphatic carbocycles. The van der Waals surface area contributed by atoms with Gasteiger partial charge in [-0.1, -0.05) is 133 Å². The van der Waals surface area contributed by atoms with Gasteiger partial charge in [-0.25, -0.2) is 0 Å². The highest BCUT2D eigenvalue weighted by molar-refractivity contribution is 7.99. The summed E-state index contributed by atoms with van der Waals surface area (Å²) in [5.41, 5.74) is 7.77. The quantitative estimate of drug-likeness (QED) is 0.190. The smallest absolute Gasteiger partial charge is 0.0207 e. The van der Waals surface area contributed by atoms with Crippen LogP contribution in [0, 0.1) is 0 Å². The molecule has 198 valence electrons. The van der Waals surface area contributed by atoms with Crippen molar-refractivity contribution in [1.29, 1.82) is 0 Å². The molecule has 1 aliphatic heterocycles. The average Bonchev–Trinajstić information content (AvgIpc) is 3.07. The van der Waals surface area contributed by atoms with E-state index in [1.807, 2.05) is 11.8 Å². The Kier molecular flexibility index (Phi) is 4.75. The molecule has 0 saturated carbocycles. The predicted molar refractivity (Wildman–Crippen MR) is 186 cm³/mol. The van der Waals surface area contributed by atoms with E-state index >= 15 is 0 Å². The van der Waals surface area contributed by atoms with Crippen LogP contribution in [0.4, 0.5) is 0 Å². The highest BCUT2D eigenvalue weighted by Crippen LogP contribution is 2.49. The van der Waals surface area contributed by atoms with E-state index in [1.165, 1.54) is 97.0 Å². The fraction of sp³-hybridized carbons (Fsp3) is 0. The van der Waals surface area contributed by atoms with E-state index in [0.29, 0.717) is 0 Å². The summed E-state index contributed by atoms with van der Waals surface area (Å²) in [5, 5.41) is 13.2. The second kappa shape index (κ2) is 8.70. The van der Waals surface area contributed by atoms with Gasteiger partial charge in [0.15, 0.2) is 0 Å². The summed E-state index contributed by atoms with van der Waals surface area (Å²) in [6.45, 7) is 0. The molecule has 43 heavy (non-hydrogen) atoms. The first-order valence-corrected chi connectivity index (χ1v) is 15.7. The van der Waals surface area contributed by atoms with E-state index in [1.54, 1.807) is 0 Å². The molecule has 0 saturated heterocycles. The van der Waals surface area contributed by atoms with E-state index in [9.17, 15) is 0 Å². The second-order valence-corrected chi connectivity index (χ2v) is 12.8. The summed E-state index contributed by atoms with van der Waals surface area (Å²) >= 11 is 1.88. The lowest BCUT2D eigenvalue weighted by Crippen LogP contribution is -1.94. The summed E-state index contributed by atoms with van der Waals surface area (Å²) in [6.07, 6.45) is 0. The third kappa shape index (κ3) is 3.34. The molecular weight excluding hydrogens is 537 g/mol. The van der Waals surface area contributed by atoms with Gasteiger partial charge in [-0.05, 0) is 106 Å². The Bertz CT molecular complexity index is 2570. The monoisotopic (exact) mass is 560 g/mol. The Hall–Kier alpha value is -5.11. The molecule has 0 bridgehead atoms. The molecule has 10 rings (SSSR count). The normalized spacial score (nSPS) is 12.6. The zero-order chi connectivity index (χ0) is 28.1. The summed E-state index contributed by atoms with van der Waals surface area (Å²) in [4.78, 5) is 2.67. The first-order valence-electron chi connectivity index (χ1n) is 14.8. The molecule has 1 aliphatic rings. The highest BCUT2D eigenvalue weighted by atomic mass is 32.2. The van der Waals surface area contributed by atoms with Crippen LogP contribution in [-0.4, -0.2) is 0 Å². The van der Waals surface area contributed by atoms with E-state index in [2.05, 4.69) is 146 Å². The van der Waals surface area contributed by atoms with Crippen LogP contribution in [0.15, 0.2) is 155 Å². The zero-order valence-electron chi connectivity index (χ0n) is 23.3. The molecule has 0 atom stereocenters. The number of hydrogen-bond donors (Lipinski definition) is 0.